The third kappa shape index (κ3) is 2.53. The molecule has 2 rings (SSSR count). The molecule has 0 saturated carbocycles. The lowest BCUT2D eigenvalue weighted by Crippen LogP contribution is -2.29. The van der Waals surface area contributed by atoms with E-state index in [1.54, 1.807) is 0 Å². The Bertz CT molecular complexity index is 505. The second kappa shape index (κ2) is 5.67. The van der Waals surface area contributed by atoms with Crippen LogP contribution in [0.4, 0.5) is 5.69 Å². The summed E-state index contributed by atoms with van der Waals surface area (Å²) in [6.07, 6.45) is 1.04. The van der Waals surface area contributed by atoms with E-state index in [1.165, 1.54) is 5.56 Å². The second-order valence-corrected chi connectivity index (χ2v) is 4.32. The van der Waals surface area contributed by atoms with Gasteiger partial charge < -0.3 is 5.73 Å². The molecular weight excluding hydrogens is 222 g/mol. The van der Waals surface area contributed by atoms with Gasteiger partial charge in [-0.25, -0.2) is 5.43 Å². The van der Waals surface area contributed by atoms with E-state index in [0.29, 0.717) is 0 Å². The molecule has 0 bridgehead atoms. The fourth-order valence-electron chi connectivity index (χ4n) is 2.09. The van der Waals surface area contributed by atoms with Crippen LogP contribution in [-0.4, -0.2) is 0 Å². The standard InChI is InChI=1S/C15H19N3/c1-2-11-7-9-12(10-8-11)15(18-17)13-5-3-4-6-14(13)16/h3-10,15,18H,2,16-17H2,1H3. The van der Waals surface area contributed by atoms with Crippen molar-refractivity contribution < 1.29 is 0 Å². The van der Waals surface area contributed by atoms with Gasteiger partial charge in [-0.05, 0) is 29.2 Å². The molecule has 5 N–H and O–H groups in total. The third-order valence-corrected chi connectivity index (χ3v) is 3.19. The molecule has 0 spiro atoms. The summed E-state index contributed by atoms with van der Waals surface area (Å²) in [5.41, 5.74) is 13.0. The van der Waals surface area contributed by atoms with E-state index in [1.807, 2.05) is 24.3 Å². The van der Waals surface area contributed by atoms with Crippen LogP contribution < -0.4 is 17.0 Å². The molecule has 3 heteroatoms. The maximum Gasteiger partial charge on any atom is 0.0730 e. The molecule has 94 valence electrons. The molecule has 0 radical (unpaired) electrons. The molecule has 0 aliphatic rings. The summed E-state index contributed by atoms with van der Waals surface area (Å²) in [6, 6.07) is 16.1. The number of hydrogen-bond donors (Lipinski definition) is 3. The first-order valence-electron chi connectivity index (χ1n) is 6.15. The average Bonchev–Trinajstić information content (AvgIpc) is 2.42. The zero-order valence-corrected chi connectivity index (χ0v) is 10.6. The Morgan fingerprint density at radius 2 is 1.72 bits per heavy atom. The van der Waals surface area contributed by atoms with Gasteiger partial charge in [-0.3, -0.25) is 5.84 Å². The van der Waals surface area contributed by atoms with E-state index < -0.39 is 0 Å². The Morgan fingerprint density at radius 1 is 1.06 bits per heavy atom. The van der Waals surface area contributed by atoms with Crippen molar-refractivity contribution in [3.8, 4) is 0 Å². The van der Waals surface area contributed by atoms with E-state index in [4.69, 9.17) is 11.6 Å². The summed E-state index contributed by atoms with van der Waals surface area (Å²) >= 11 is 0. The first-order valence-corrected chi connectivity index (χ1v) is 6.15. The Balaban J connectivity index is 2.36. The lowest BCUT2D eigenvalue weighted by molar-refractivity contribution is 0.638. The smallest absolute Gasteiger partial charge is 0.0730 e. The minimum absolute atomic E-state index is 0.0721. The summed E-state index contributed by atoms with van der Waals surface area (Å²) in [5, 5.41) is 0. The highest BCUT2D eigenvalue weighted by atomic mass is 15.2. The molecule has 0 amide bonds. The van der Waals surface area contributed by atoms with Crippen molar-refractivity contribution in [2.75, 3.05) is 5.73 Å². The highest BCUT2D eigenvalue weighted by Gasteiger charge is 2.14. The quantitative estimate of drug-likeness (QED) is 0.437. The van der Waals surface area contributed by atoms with Gasteiger partial charge in [0.15, 0.2) is 0 Å². The van der Waals surface area contributed by atoms with Gasteiger partial charge in [0.2, 0.25) is 0 Å². The van der Waals surface area contributed by atoms with Crippen LogP contribution in [0.1, 0.15) is 29.7 Å². The predicted octanol–water partition coefficient (Wildman–Crippen LogP) is 2.38. The predicted molar refractivity (Wildman–Crippen MR) is 75.8 cm³/mol. The van der Waals surface area contributed by atoms with Gasteiger partial charge in [0.25, 0.3) is 0 Å². The Hall–Kier alpha value is -1.84. The minimum Gasteiger partial charge on any atom is -0.398 e. The highest BCUT2D eigenvalue weighted by Crippen LogP contribution is 2.26. The lowest BCUT2D eigenvalue weighted by Gasteiger charge is -2.19. The largest absolute Gasteiger partial charge is 0.398 e. The van der Waals surface area contributed by atoms with E-state index >= 15 is 0 Å². The van der Waals surface area contributed by atoms with Crippen molar-refractivity contribution in [2.24, 2.45) is 5.84 Å². The molecule has 0 saturated heterocycles. The van der Waals surface area contributed by atoms with Crippen LogP contribution in [0.15, 0.2) is 48.5 Å². The van der Waals surface area contributed by atoms with Gasteiger partial charge in [-0.2, -0.15) is 0 Å². The van der Waals surface area contributed by atoms with Gasteiger partial charge in [0.1, 0.15) is 0 Å². The minimum atomic E-state index is -0.0721. The van der Waals surface area contributed by atoms with Crippen molar-refractivity contribution in [3.05, 3.63) is 65.2 Å². The summed E-state index contributed by atoms with van der Waals surface area (Å²) in [5.74, 6) is 5.67. The van der Waals surface area contributed by atoms with E-state index in [-0.39, 0.29) is 6.04 Å². The first-order chi connectivity index (χ1) is 8.76. The normalized spacial score (nSPS) is 12.3. The molecule has 2 aromatic carbocycles. The number of nitrogen functional groups attached to an aromatic ring is 1. The average molecular weight is 241 g/mol. The van der Waals surface area contributed by atoms with Crippen LogP contribution in [0.3, 0.4) is 0 Å². The maximum atomic E-state index is 5.99. The van der Waals surface area contributed by atoms with Gasteiger partial charge in [-0.15, -0.1) is 0 Å². The number of nitrogens with two attached hydrogens (primary N) is 2. The highest BCUT2D eigenvalue weighted by molar-refractivity contribution is 5.51. The molecule has 1 atom stereocenters. The van der Waals surface area contributed by atoms with Gasteiger partial charge >= 0.3 is 0 Å². The number of para-hydroxylation sites is 1. The molecular formula is C15H19N3. The van der Waals surface area contributed by atoms with Gasteiger partial charge in [-0.1, -0.05) is 49.4 Å². The summed E-state index contributed by atoms with van der Waals surface area (Å²) < 4.78 is 0. The number of hydrazine groups is 1. The number of anilines is 1. The molecule has 18 heavy (non-hydrogen) atoms. The van der Waals surface area contributed by atoms with Crippen molar-refractivity contribution in [1.82, 2.24) is 5.43 Å². The molecule has 0 fully saturated rings. The van der Waals surface area contributed by atoms with Crippen LogP contribution in [0, 0.1) is 0 Å². The number of hydrogen-bond acceptors (Lipinski definition) is 3. The summed E-state index contributed by atoms with van der Waals surface area (Å²) in [6.45, 7) is 2.14. The lowest BCUT2D eigenvalue weighted by atomic mass is 9.96. The first kappa shape index (κ1) is 12.6. The molecule has 0 aliphatic carbocycles. The van der Waals surface area contributed by atoms with Gasteiger partial charge in [0, 0.05) is 5.69 Å². The topological polar surface area (TPSA) is 64.1 Å². The van der Waals surface area contributed by atoms with E-state index in [0.717, 1.165) is 23.2 Å². The molecule has 0 heterocycles. The molecule has 1 unspecified atom stereocenters. The Kier molecular flexibility index (Phi) is 3.97. The number of benzene rings is 2. The van der Waals surface area contributed by atoms with Crippen LogP contribution in [-0.2, 0) is 6.42 Å². The second-order valence-electron chi connectivity index (χ2n) is 4.32. The Labute approximate surface area is 108 Å². The van der Waals surface area contributed by atoms with Crippen LogP contribution in [0.2, 0.25) is 0 Å². The molecule has 0 aliphatic heterocycles. The van der Waals surface area contributed by atoms with E-state index in [9.17, 15) is 0 Å². The SMILES string of the molecule is CCc1ccc(C(NN)c2ccccc2N)cc1. The molecule has 0 aromatic heterocycles. The number of aryl methyl sites for hydroxylation is 1. The van der Waals surface area contributed by atoms with Crippen molar-refractivity contribution in [1.29, 1.82) is 0 Å². The molecule has 2 aromatic rings. The Morgan fingerprint density at radius 3 is 2.28 bits per heavy atom. The summed E-state index contributed by atoms with van der Waals surface area (Å²) in [7, 11) is 0. The van der Waals surface area contributed by atoms with Crippen LogP contribution in [0.25, 0.3) is 0 Å². The van der Waals surface area contributed by atoms with Gasteiger partial charge in [0.05, 0.1) is 6.04 Å². The van der Waals surface area contributed by atoms with Crippen molar-refractivity contribution >= 4 is 5.69 Å². The molecule has 3 nitrogen and oxygen atoms in total. The zero-order valence-electron chi connectivity index (χ0n) is 10.6. The monoisotopic (exact) mass is 241 g/mol. The number of rotatable bonds is 4. The fourth-order valence-corrected chi connectivity index (χ4v) is 2.09. The maximum absolute atomic E-state index is 5.99. The summed E-state index contributed by atoms with van der Waals surface area (Å²) in [4.78, 5) is 0. The van der Waals surface area contributed by atoms with E-state index in [2.05, 4.69) is 36.6 Å². The van der Waals surface area contributed by atoms with Crippen LogP contribution in [0.5, 0.6) is 0 Å². The zero-order chi connectivity index (χ0) is 13.0. The van der Waals surface area contributed by atoms with Crippen molar-refractivity contribution in [3.63, 3.8) is 0 Å². The third-order valence-electron chi connectivity index (χ3n) is 3.19. The van der Waals surface area contributed by atoms with Crippen molar-refractivity contribution in [2.45, 2.75) is 19.4 Å². The number of nitrogens with one attached hydrogen (secondary N) is 1. The fraction of sp³-hybridized carbons (Fsp3) is 0.200. The van der Waals surface area contributed by atoms with Crippen LogP contribution >= 0.6 is 0 Å².